The molecule has 0 aliphatic carbocycles. The lowest BCUT2D eigenvalue weighted by Gasteiger charge is -2.33. The van der Waals surface area contributed by atoms with Gasteiger partial charge in [0.15, 0.2) is 0 Å². The molecule has 1 rings (SSSR count). The topological polar surface area (TPSA) is 0 Å². The van der Waals surface area contributed by atoms with E-state index in [1.54, 1.807) is 0 Å². The molecule has 0 N–H and O–H groups in total. The summed E-state index contributed by atoms with van der Waals surface area (Å²) in [6.07, 6.45) is -3.27. The summed E-state index contributed by atoms with van der Waals surface area (Å²) in [5.41, 5.74) is -5.78. The van der Waals surface area contributed by atoms with E-state index in [2.05, 4.69) is 0 Å². The molecule has 0 aliphatic rings. The Labute approximate surface area is 148 Å². The first-order valence-corrected chi connectivity index (χ1v) is 20.4. The van der Waals surface area contributed by atoms with E-state index in [0.717, 1.165) is 10.8 Å². The Morgan fingerprint density at radius 2 is 1.32 bits per heavy atom. The van der Waals surface area contributed by atoms with E-state index in [-0.39, 0.29) is 5.92 Å². The van der Waals surface area contributed by atoms with Crippen LogP contribution in [0.5, 0.6) is 0 Å². The van der Waals surface area contributed by atoms with Crippen molar-refractivity contribution in [2.45, 2.75) is 19.8 Å². The van der Waals surface area contributed by atoms with E-state index in [1.165, 1.54) is 0 Å². The first-order chi connectivity index (χ1) is 8.43. The molecular formula is C9H11Cl7Si3. The standard InChI is InChI=1S/C9H11Cl7Si3/c1-7(2)8-5-3-4-6-9(8)17(10,11)19(15,16)18(12,13)14/h3-7H,1-2H3. The predicted molar refractivity (Wildman–Crippen MR) is 98.4 cm³/mol. The van der Waals surface area contributed by atoms with Crippen LogP contribution in [0.1, 0.15) is 25.3 Å². The minimum atomic E-state index is -3.40. The second kappa shape index (κ2) is 6.57. The average Bonchev–Trinajstić information content (AvgIpc) is 2.27. The van der Waals surface area contributed by atoms with E-state index < -0.39 is 17.5 Å². The smallest absolute Gasteiger partial charge is 0.145 e. The molecule has 0 atom stereocenters. The van der Waals surface area contributed by atoms with E-state index in [0.29, 0.717) is 0 Å². The molecule has 0 radical (unpaired) electrons. The fourth-order valence-corrected chi connectivity index (χ4v) is 40.4. The third-order valence-electron chi connectivity index (χ3n) is 2.67. The van der Waals surface area contributed by atoms with Gasteiger partial charge in [-0.05, 0) is 16.7 Å². The molecule has 0 nitrogen and oxygen atoms in total. The van der Waals surface area contributed by atoms with Gasteiger partial charge in [0, 0.05) is 0 Å². The van der Waals surface area contributed by atoms with Gasteiger partial charge < -0.3 is 0 Å². The molecule has 1 aromatic rings. The van der Waals surface area contributed by atoms with Gasteiger partial charge in [0.2, 0.25) is 0 Å². The van der Waals surface area contributed by atoms with Crippen LogP contribution < -0.4 is 5.19 Å². The molecule has 10 heteroatoms. The van der Waals surface area contributed by atoms with E-state index in [1.807, 2.05) is 38.1 Å². The summed E-state index contributed by atoms with van der Waals surface area (Å²) in [5.74, 6) is 0.232. The van der Waals surface area contributed by atoms with Crippen LogP contribution in [0.15, 0.2) is 24.3 Å². The maximum atomic E-state index is 6.57. The minimum absolute atomic E-state index is 0.232. The maximum Gasteiger partial charge on any atom is 0.359 e. The van der Waals surface area contributed by atoms with Gasteiger partial charge in [-0.15, -0.1) is 77.6 Å². The van der Waals surface area contributed by atoms with Crippen molar-refractivity contribution in [2.24, 2.45) is 0 Å². The summed E-state index contributed by atoms with van der Waals surface area (Å²) in [5, 5.41) is 0.754. The summed E-state index contributed by atoms with van der Waals surface area (Å²) in [6, 6.07) is 7.53. The van der Waals surface area contributed by atoms with Gasteiger partial charge in [-0.25, -0.2) is 0 Å². The second-order valence-electron chi connectivity index (χ2n) is 4.39. The van der Waals surface area contributed by atoms with Crippen LogP contribution in [0, 0.1) is 0 Å². The second-order valence-corrected chi connectivity index (χ2v) is 42.1. The molecule has 0 amide bonds. The lowest BCUT2D eigenvalue weighted by Crippen LogP contribution is -2.66. The van der Waals surface area contributed by atoms with Gasteiger partial charge in [-0.1, -0.05) is 38.1 Å². The number of hydrogen-bond acceptors (Lipinski definition) is 0. The summed E-state index contributed by atoms with van der Waals surface area (Å²) in [4.78, 5) is 0. The molecule has 0 saturated carbocycles. The molecule has 0 aliphatic heterocycles. The third-order valence-corrected chi connectivity index (χ3v) is 57.4. The van der Waals surface area contributed by atoms with Crippen molar-refractivity contribution in [2.75, 3.05) is 0 Å². The molecule has 0 bridgehead atoms. The molecule has 0 fully saturated rings. The lowest BCUT2D eigenvalue weighted by atomic mass is 10.0. The normalized spacial score (nSPS) is 14.0. The molecule has 0 aromatic heterocycles. The molecule has 0 spiro atoms. The fourth-order valence-electron chi connectivity index (χ4n) is 1.63. The third kappa shape index (κ3) is 3.81. The Kier molecular flexibility index (Phi) is 6.55. The Hall–Kier alpha value is 1.90. The first-order valence-electron chi connectivity index (χ1n) is 5.34. The summed E-state index contributed by atoms with van der Waals surface area (Å²) in [7, 11) is 0. The van der Waals surface area contributed by atoms with Gasteiger partial charge in [-0.3, -0.25) is 0 Å². The number of halogens is 7. The number of rotatable bonds is 4. The van der Waals surface area contributed by atoms with Crippen LogP contribution in [-0.4, -0.2) is 17.5 Å². The quantitative estimate of drug-likeness (QED) is 0.409. The van der Waals surface area contributed by atoms with Crippen molar-refractivity contribution in [1.29, 1.82) is 0 Å². The van der Waals surface area contributed by atoms with Crippen molar-refractivity contribution in [1.82, 2.24) is 0 Å². The Morgan fingerprint density at radius 3 is 1.74 bits per heavy atom. The largest absolute Gasteiger partial charge is 0.359 e. The molecule has 1 aromatic carbocycles. The average molecular weight is 452 g/mol. The Bertz CT molecular complexity index is 455. The van der Waals surface area contributed by atoms with Crippen molar-refractivity contribution in [3.8, 4) is 0 Å². The molecule has 0 unspecified atom stereocenters. The van der Waals surface area contributed by atoms with Gasteiger partial charge in [0.25, 0.3) is 0 Å². The van der Waals surface area contributed by atoms with E-state index in [4.69, 9.17) is 77.6 Å². The highest BCUT2D eigenvalue weighted by molar-refractivity contribution is 8.21. The van der Waals surface area contributed by atoms with E-state index >= 15 is 0 Å². The zero-order valence-corrected chi connectivity index (χ0v) is 18.3. The minimum Gasteiger partial charge on any atom is -0.145 e. The molecule has 0 heterocycles. The Balaban J connectivity index is 3.44. The fraction of sp³-hybridized carbons (Fsp3) is 0.333. The van der Waals surface area contributed by atoms with Gasteiger partial charge in [0.1, 0.15) is 0 Å². The van der Waals surface area contributed by atoms with Gasteiger partial charge in [0.05, 0.1) is 0 Å². The van der Waals surface area contributed by atoms with Crippen molar-refractivity contribution >= 4 is 100 Å². The predicted octanol–water partition coefficient (Wildman–Crippen LogP) is 5.67. The van der Waals surface area contributed by atoms with Crippen LogP contribution >= 0.6 is 77.6 Å². The maximum absolute atomic E-state index is 6.57. The van der Waals surface area contributed by atoms with Crippen LogP contribution in [-0.2, 0) is 0 Å². The highest BCUT2D eigenvalue weighted by Crippen LogP contribution is 2.46. The van der Waals surface area contributed by atoms with Crippen LogP contribution in [0.25, 0.3) is 0 Å². The highest BCUT2D eigenvalue weighted by Gasteiger charge is 2.68. The van der Waals surface area contributed by atoms with Crippen molar-refractivity contribution < 1.29 is 0 Å². The molecular weight excluding hydrogens is 441 g/mol. The number of benzene rings is 1. The zero-order valence-electron chi connectivity index (χ0n) is 10.0. The Morgan fingerprint density at radius 1 is 0.842 bits per heavy atom. The monoisotopic (exact) mass is 448 g/mol. The summed E-state index contributed by atoms with van der Waals surface area (Å²) in [6.45, 7) is 4.07. The van der Waals surface area contributed by atoms with Crippen LogP contribution in [0.3, 0.4) is 0 Å². The number of hydrogen-bond donors (Lipinski definition) is 0. The molecule has 19 heavy (non-hydrogen) atoms. The molecule has 108 valence electrons. The van der Waals surface area contributed by atoms with Crippen molar-refractivity contribution in [3.63, 3.8) is 0 Å². The lowest BCUT2D eigenvalue weighted by molar-refractivity contribution is 0.873. The van der Waals surface area contributed by atoms with Crippen LogP contribution in [0.2, 0.25) is 0 Å². The van der Waals surface area contributed by atoms with E-state index in [9.17, 15) is 0 Å². The summed E-state index contributed by atoms with van der Waals surface area (Å²) < 4.78 is 0. The zero-order chi connectivity index (χ0) is 15.1. The van der Waals surface area contributed by atoms with Crippen molar-refractivity contribution in [3.05, 3.63) is 29.8 Å². The van der Waals surface area contributed by atoms with Gasteiger partial charge >= 0.3 is 17.5 Å². The molecule has 0 saturated heterocycles. The van der Waals surface area contributed by atoms with Gasteiger partial charge in [-0.2, -0.15) is 0 Å². The van der Waals surface area contributed by atoms with Crippen LogP contribution in [0.4, 0.5) is 0 Å². The first kappa shape index (κ1) is 18.9. The highest BCUT2D eigenvalue weighted by atomic mass is 35.9. The summed E-state index contributed by atoms with van der Waals surface area (Å²) >= 11 is 44.0. The SMILES string of the molecule is CC(C)c1ccccc1[Si](Cl)(Cl)[Si](Cl)(Cl)[Si](Cl)(Cl)Cl.